The molecule has 0 aliphatic carbocycles. The van der Waals surface area contributed by atoms with Crippen LogP contribution in [-0.4, -0.2) is 36.9 Å². The van der Waals surface area contributed by atoms with Gasteiger partial charge >= 0.3 is 5.97 Å². The largest absolute Gasteiger partial charge is 0.451 e. The zero-order valence-corrected chi connectivity index (χ0v) is 16.0. The highest BCUT2D eigenvalue weighted by Gasteiger charge is 2.23. The number of hydrogen-bond donors (Lipinski definition) is 0. The minimum absolute atomic E-state index is 0.0204. The number of carbonyl (C=O) groups is 2. The molecule has 0 fully saturated rings. The maximum atomic E-state index is 12.5. The second-order valence-electron chi connectivity index (χ2n) is 6.57. The molecule has 0 saturated heterocycles. The predicted octanol–water partition coefficient (Wildman–Crippen LogP) is 3.71. The first-order valence-electron chi connectivity index (χ1n) is 8.40. The summed E-state index contributed by atoms with van der Waals surface area (Å²) in [7, 11) is 3.34. The van der Waals surface area contributed by atoms with E-state index < -0.39 is 17.0 Å². The van der Waals surface area contributed by atoms with Crippen molar-refractivity contribution in [1.82, 2.24) is 0 Å². The van der Waals surface area contributed by atoms with Gasteiger partial charge in [-0.25, -0.2) is 4.79 Å². The van der Waals surface area contributed by atoms with E-state index in [0.29, 0.717) is 11.3 Å². The molecule has 2 rings (SSSR count). The molecule has 2 aromatic rings. The Morgan fingerprint density at radius 2 is 1.67 bits per heavy atom. The van der Waals surface area contributed by atoms with E-state index in [1.165, 1.54) is 19.1 Å². The van der Waals surface area contributed by atoms with E-state index in [9.17, 15) is 19.7 Å². The second-order valence-corrected chi connectivity index (χ2v) is 6.57. The molecular weight excluding hydrogens is 348 g/mol. The van der Waals surface area contributed by atoms with Crippen LogP contribution in [-0.2, 0) is 4.74 Å². The summed E-state index contributed by atoms with van der Waals surface area (Å²) in [5, 5.41) is 11.2. The Kier molecular flexibility index (Phi) is 5.95. The Labute approximate surface area is 157 Å². The van der Waals surface area contributed by atoms with Crippen LogP contribution < -0.4 is 4.90 Å². The van der Waals surface area contributed by atoms with Crippen molar-refractivity contribution in [3.05, 3.63) is 68.8 Å². The summed E-state index contributed by atoms with van der Waals surface area (Å²) in [6.45, 7) is 5.32. The Morgan fingerprint density at radius 1 is 1.04 bits per heavy atom. The zero-order valence-electron chi connectivity index (χ0n) is 16.0. The van der Waals surface area contributed by atoms with Crippen molar-refractivity contribution in [2.75, 3.05) is 19.0 Å². The summed E-state index contributed by atoms with van der Waals surface area (Å²) < 4.78 is 5.23. The number of ether oxygens (including phenoxy) is 1. The number of hydrogen-bond acceptors (Lipinski definition) is 6. The maximum absolute atomic E-state index is 12.5. The first kappa shape index (κ1) is 20.1. The molecule has 0 saturated carbocycles. The number of carbonyl (C=O) groups excluding carboxylic acids is 2. The lowest BCUT2D eigenvalue weighted by molar-refractivity contribution is -0.384. The zero-order chi connectivity index (χ0) is 20.3. The standard InChI is InChI=1S/C20H22N2O5/c1-12-6-7-15(10-13(12)2)19(23)14(3)27-20(24)16-8-9-17(21(4)5)18(11-16)22(25)26/h6-11,14H,1-5H3/t14-/m1/s1. The Balaban J connectivity index is 2.20. The fraction of sp³-hybridized carbons (Fsp3) is 0.300. The van der Waals surface area contributed by atoms with Crippen molar-refractivity contribution in [3.63, 3.8) is 0 Å². The molecule has 0 aliphatic heterocycles. The van der Waals surface area contributed by atoms with Crippen molar-refractivity contribution in [1.29, 1.82) is 0 Å². The highest BCUT2D eigenvalue weighted by Crippen LogP contribution is 2.28. The smallest absolute Gasteiger partial charge is 0.339 e. The van der Waals surface area contributed by atoms with Gasteiger partial charge in [0.15, 0.2) is 6.10 Å². The molecule has 142 valence electrons. The quantitative estimate of drug-likeness (QED) is 0.333. The number of nitro groups is 1. The molecular formula is C20H22N2O5. The number of anilines is 1. The van der Waals surface area contributed by atoms with Crippen LogP contribution in [0.3, 0.4) is 0 Å². The average molecular weight is 370 g/mol. The van der Waals surface area contributed by atoms with E-state index in [2.05, 4.69) is 0 Å². The highest BCUT2D eigenvalue weighted by atomic mass is 16.6. The van der Waals surface area contributed by atoms with Gasteiger partial charge in [-0.2, -0.15) is 0 Å². The molecule has 0 spiro atoms. The van der Waals surface area contributed by atoms with Crippen molar-refractivity contribution in [2.45, 2.75) is 26.9 Å². The molecule has 7 heteroatoms. The number of esters is 1. The summed E-state index contributed by atoms with van der Waals surface area (Å²) >= 11 is 0. The third-order valence-corrected chi connectivity index (χ3v) is 4.33. The highest BCUT2D eigenvalue weighted by molar-refractivity contribution is 6.01. The lowest BCUT2D eigenvalue weighted by Gasteiger charge is -2.15. The monoisotopic (exact) mass is 370 g/mol. The topological polar surface area (TPSA) is 89.8 Å². The molecule has 0 amide bonds. The van der Waals surface area contributed by atoms with E-state index in [0.717, 1.165) is 17.2 Å². The molecule has 0 N–H and O–H groups in total. The van der Waals surface area contributed by atoms with Crippen LogP contribution in [0.15, 0.2) is 36.4 Å². The molecule has 0 bridgehead atoms. The van der Waals surface area contributed by atoms with Crippen molar-refractivity contribution < 1.29 is 19.2 Å². The number of nitrogens with zero attached hydrogens (tertiary/aromatic N) is 2. The second kappa shape index (κ2) is 7.99. The molecule has 1 atom stereocenters. The number of ketones is 1. The van der Waals surface area contributed by atoms with Crippen LogP contribution in [0.2, 0.25) is 0 Å². The van der Waals surface area contributed by atoms with Crippen LogP contribution in [0.1, 0.15) is 38.8 Å². The number of Topliss-reactive ketones (excluding diaryl/α,β-unsaturated/α-hetero) is 1. The normalized spacial score (nSPS) is 11.6. The van der Waals surface area contributed by atoms with Crippen molar-refractivity contribution >= 4 is 23.1 Å². The first-order chi connectivity index (χ1) is 12.6. The van der Waals surface area contributed by atoms with E-state index >= 15 is 0 Å². The van der Waals surface area contributed by atoms with Crippen LogP contribution in [0, 0.1) is 24.0 Å². The summed E-state index contributed by atoms with van der Waals surface area (Å²) in [5.74, 6) is -1.11. The molecule has 0 unspecified atom stereocenters. The summed E-state index contributed by atoms with van der Waals surface area (Å²) in [6, 6.07) is 9.35. The Hall–Kier alpha value is -3.22. The maximum Gasteiger partial charge on any atom is 0.339 e. The van der Waals surface area contributed by atoms with Gasteiger partial charge in [0.1, 0.15) is 5.69 Å². The van der Waals surface area contributed by atoms with Gasteiger partial charge in [0.25, 0.3) is 5.69 Å². The lowest BCUT2D eigenvalue weighted by atomic mass is 10.0. The van der Waals surface area contributed by atoms with Crippen molar-refractivity contribution in [2.24, 2.45) is 0 Å². The Bertz CT molecular complexity index is 905. The summed E-state index contributed by atoms with van der Waals surface area (Å²) in [5.41, 5.74) is 2.66. The molecule has 7 nitrogen and oxygen atoms in total. The minimum Gasteiger partial charge on any atom is -0.451 e. The molecule has 0 aromatic heterocycles. The molecule has 0 heterocycles. The average Bonchev–Trinajstić information content (AvgIpc) is 2.62. The van der Waals surface area contributed by atoms with Crippen LogP contribution >= 0.6 is 0 Å². The van der Waals surface area contributed by atoms with Gasteiger partial charge in [0.05, 0.1) is 10.5 Å². The van der Waals surface area contributed by atoms with Crippen LogP contribution in [0.5, 0.6) is 0 Å². The fourth-order valence-electron chi connectivity index (χ4n) is 2.59. The number of nitro benzene ring substituents is 1. The van der Waals surface area contributed by atoms with Gasteiger partial charge in [-0.3, -0.25) is 14.9 Å². The number of benzene rings is 2. The predicted molar refractivity (Wildman–Crippen MR) is 103 cm³/mol. The van der Waals surface area contributed by atoms with E-state index in [1.807, 2.05) is 19.9 Å². The van der Waals surface area contributed by atoms with E-state index in [4.69, 9.17) is 4.74 Å². The molecule has 0 radical (unpaired) electrons. The first-order valence-corrected chi connectivity index (χ1v) is 8.40. The lowest BCUT2D eigenvalue weighted by Crippen LogP contribution is -2.24. The summed E-state index contributed by atoms with van der Waals surface area (Å²) in [4.78, 5) is 37.1. The van der Waals surface area contributed by atoms with E-state index in [1.54, 1.807) is 31.1 Å². The fourth-order valence-corrected chi connectivity index (χ4v) is 2.59. The molecule has 0 aliphatic rings. The van der Waals surface area contributed by atoms with Gasteiger partial charge in [-0.1, -0.05) is 12.1 Å². The van der Waals surface area contributed by atoms with Crippen molar-refractivity contribution in [3.8, 4) is 0 Å². The van der Waals surface area contributed by atoms with Gasteiger partial charge in [0, 0.05) is 25.7 Å². The van der Waals surface area contributed by atoms with Gasteiger partial charge in [0.2, 0.25) is 5.78 Å². The Morgan fingerprint density at radius 3 is 2.22 bits per heavy atom. The SMILES string of the molecule is Cc1ccc(C(=O)[C@@H](C)OC(=O)c2ccc(N(C)C)c([N+](=O)[O-])c2)cc1C. The number of aryl methyl sites for hydroxylation is 2. The summed E-state index contributed by atoms with van der Waals surface area (Å²) in [6.07, 6.45) is -1.01. The molecule has 2 aromatic carbocycles. The third kappa shape index (κ3) is 4.49. The van der Waals surface area contributed by atoms with Gasteiger partial charge in [-0.05, 0) is 50.1 Å². The third-order valence-electron chi connectivity index (χ3n) is 4.33. The van der Waals surface area contributed by atoms with Crippen LogP contribution in [0.25, 0.3) is 0 Å². The van der Waals surface area contributed by atoms with Gasteiger partial charge in [-0.15, -0.1) is 0 Å². The van der Waals surface area contributed by atoms with E-state index in [-0.39, 0.29) is 17.0 Å². The number of rotatable bonds is 6. The minimum atomic E-state index is -1.01. The van der Waals surface area contributed by atoms with Crippen LogP contribution in [0.4, 0.5) is 11.4 Å². The van der Waals surface area contributed by atoms with Gasteiger partial charge < -0.3 is 9.64 Å². The molecule has 27 heavy (non-hydrogen) atoms.